The van der Waals surface area contributed by atoms with Crippen LogP contribution in [0.1, 0.15) is 65.0 Å². The maximum atomic E-state index is 12.3. The first-order valence-electron chi connectivity index (χ1n) is 9.19. The Balaban J connectivity index is 2.80. The van der Waals surface area contributed by atoms with E-state index in [1.807, 2.05) is 26.0 Å². The number of benzene rings is 1. The topological polar surface area (TPSA) is 52.6 Å². The fourth-order valence-electron chi connectivity index (χ4n) is 2.46. The molecule has 4 nitrogen and oxygen atoms in total. The van der Waals surface area contributed by atoms with Gasteiger partial charge < -0.3 is 9.47 Å². The molecule has 4 heteroatoms. The highest BCUT2D eigenvalue weighted by Gasteiger charge is 2.25. The maximum absolute atomic E-state index is 12.3. The highest BCUT2D eigenvalue weighted by molar-refractivity contribution is 5.80. The van der Waals surface area contributed by atoms with Gasteiger partial charge in [0.1, 0.15) is 0 Å². The molecule has 0 aliphatic heterocycles. The largest absolute Gasteiger partial charge is 0.466 e. The third-order valence-electron chi connectivity index (χ3n) is 3.96. The molecule has 140 valence electrons. The van der Waals surface area contributed by atoms with Gasteiger partial charge in [-0.25, -0.2) is 0 Å². The molecule has 1 unspecified atom stereocenters. The molecule has 0 bridgehead atoms. The Labute approximate surface area is 151 Å². The number of ether oxygens (including phenoxy) is 2. The Kier molecular flexibility index (Phi) is 8.67. The first kappa shape index (κ1) is 21.2. The highest BCUT2D eigenvalue weighted by Crippen LogP contribution is 2.23. The van der Waals surface area contributed by atoms with Gasteiger partial charge in [0.05, 0.1) is 25.6 Å². The van der Waals surface area contributed by atoms with Crippen LogP contribution in [0.5, 0.6) is 0 Å². The minimum absolute atomic E-state index is 0.0591. The lowest BCUT2D eigenvalue weighted by Crippen LogP contribution is -2.24. The Morgan fingerprint density at radius 3 is 2.04 bits per heavy atom. The fraction of sp³-hybridized carbons (Fsp3) is 0.619. The highest BCUT2D eigenvalue weighted by atomic mass is 16.5. The van der Waals surface area contributed by atoms with E-state index in [1.165, 1.54) is 5.56 Å². The van der Waals surface area contributed by atoms with Gasteiger partial charge in [-0.05, 0) is 35.8 Å². The van der Waals surface area contributed by atoms with Crippen LogP contribution in [-0.2, 0) is 30.9 Å². The second kappa shape index (κ2) is 10.2. The zero-order valence-corrected chi connectivity index (χ0v) is 16.3. The van der Waals surface area contributed by atoms with Crippen molar-refractivity contribution in [3.05, 3.63) is 35.4 Å². The Bertz CT molecular complexity index is 540. The molecule has 1 rings (SSSR count). The molecule has 0 amide bonds. The van der Waals surface area contributed by atoms with E-state index in [4.69, 9.17) is 9.47 Å². The summed E-state index contributed by atoms with van der Waals surface area (Å²) >= 11 is 0. The minimum atomic E-state index is -0.503. The monoisotopic (exact) mass is 348 g/mol. The Hall–Kier alpha value is -1.84. The zero-order chi connectivity index (χ0) is 18.9. The van der Waals surface area contributed by atoms with E-state index >= 15 is 0 Å². The molecule has 0 aliphatic carbocycles. The summed E-state index contributed by atoms with van der Waals surface area (Å²) in [6.45, 7) is 11.1. The lowest BCUT2D eigenvalue weighted by molar-refractivity contribution is -0.155. The first-order chi connectivity index (χ1) is 11.8. The van der Waals surface area contributed by atoms with Gasteiger partial charge in [0.2, 0.25) is 0 Å². The average molecular weight is 348 g/mol. The molecule has 0 heterocycles. The SMILES string of the molecule is CCCOC(=O)CC(Cc1ccc(C(C)(C)C)cc1)C(=O)OCCC. The number of carbonyl (C=O) groups is 2. The van der Waals surface area contributed by atoms with Crippen molar-refractivity contribution in [1.82, 2.24) is 0 Å². The molecule has 1 aromatic rings. The molecule has 1 atom stereocenters. The molecular weight excluding hydrogens is 316 g/mol. The Morgan fingerprint density at radius 1 is 0.960 bits per heavy atom. The summed E-state index contributed by atoms with van der Waals surface area (Å²) in [7, 11) is 0. The van der Waals surface area contributed by atoms with Crippen molar-refractivity contribution in [3.63, 3.8) is 0 Å². The predicted molar refractivity (Wildman–Crippen MR) is 99.5 cm³/mol. The van der Waals surface area contributed by atoms with Gasteiger partial charge in [-0.3, -0.25) is 9.59 Å². The van der Waals surface area contributed by atoms with E-state index in [-0.39, 0.29) is 23.8 Å². The van der Waals surface area contributed by atoms with E-state index in [1.54, 1.807) is 0 Å². The van der Waals surface area contributed by atoms with Crippen LogP contribution >= 0.6 is 0 Å². The van der Waals surface area contributed by atoms with E-state index in [0.29, 0.717) is 19.6 Å². The molecule has 0 spiro atoms. The zero-order valence-electron chi connectivity index (χ0n) is 16.3. The molecule has 0 fully saturated rings. The Morgan fingerprint density at radius 2 is 1.52 bits per heavy atom. The average Bonchev–Trinajstić information content (AvgIpc) is 2.56. The molecule has 0 N–H and O–H groups in total. The minimum Gasteiger partial charge on any atom is -0.466 e. The quantitative estimate of drug-likeness (QED) is 0.619. The molecule has 25 heavy (non-hydrogen) atoms. The van der Waals surface area contributed by atoms with Crippen LogP contribution in [0.3, 0.4) is 0 Å². The van der Waals surface area contributed by atoms with Crippen LogP contribution in [0.25, 0.3) is 0 Å². The van der Waals surface area contributed by atoms with Crippen molar-refractivity contribution in [2.45, 2.75) is 65.7 Å². The maximum Gasteiger partial charge on any atom is 0.309 e. The first-order valence-corrected chi connectivity index (χ1v) is 9.19. The molecule has 0 aliphatic rings. The van der Waals surface area contributed by atoms with Crippen LogP contribution in [-0.4, -0.2) is 25.2 Å². The van der Waals surface area contributed by atoms with Crippen LogP contribution in [0.4, 0.5) is 0 Å². The summed E-state index contributed by atoms with van der Waals surface area (Å²) in [6.07, 6.45) is 2.07. The molecule has 0 aromatic heterocycles. The van der Waals surface area contributed by atoms with Gasteiger partial charge in [-0.1, -0.05) is 58.9 Å². The summed E-state index contributed by atoms with van der Waals surface area (Å²) in [5.74, 6) is -1.17. The van der Waals surface area contributed by atoms with Crippen molar-refractivity contribution in [1.29, 1.82) is 0 Å². The van der Waals surface area contributed by atoms with Gasteiger partial charge >= 0.3 is 11.9 Å². The summed E-state index contributed by atoms with van der Waals surface area (Å²) in [5, 5.41) is 0. The normalized spacial score (nSPS) is 12.5. The van der Waals surface area contributed by atoms with Gasteiger partial charge in [0.15, 0.2) is 0 Å². The molecule has 0 saturated heterocycles. The molecule has 0 saturated carbocycles. The third kappa shape index (κ3) is 7.72. The van der Waals surface area contributed by atoms with Gasteiger partial charge in [-0.15, -0.1) is 0 Å². The van der Waals surface area contributed by atoms with E-state index in [0.717, 1.165) is 18.4 Å². The number of esters is 2. The van der Waals surface area contributed by atoms with Crippen LogP contribution in [0, 0.1) is 5.92 Å². The number of hydrogen-bond acceptors (Lipinski definition) is 4. The number of hydrogen-bond donors (Lipinski definition) is 0. The lowest BCUT2D eigenvalue weighted by Gasteiger charge is -2.20. The van der Waals surface area contributed by atoms with Crippen molar-refractivity contribution in [3.8, 4) is 0 Å². The van der Waals surface area contributed by atoms with E-state index in [9.17, 15) is 9.59 Å². The van der Waals surface area contributed by atoms with Gasteiger partial charge in [-0.2, -0.15) is 0 Å². The van der Waals surface area contributed by atoms with Gasteiger partial charge in [0.25, 0.3) is 0 Å². The third-order valence-corrected chi connectivity index (χ3v) is 3.96. The van der Waals surface area contributed by atoms with Crippen molar-refractivity contribution in [2.24, 2.45) is 5.92 Å². The number of carbonyl (C=O) groups excluding carboxylic acids is 2. The molecule has 1 aromatic carbocycles. The van der Waals surface area contributed by atoms with Crippen molar-refractivity contribution < 1.29 is 19.1 Å². The predicted octanol–water partition coefficient (Wildman–Crippen LogP) is 4.44. The molecule has 0 radical (unpaired) electrons. The van der Waals surface area contributed by atoms with Crippen molar-refractivity contribution >= 4 is 11.9 Å². The standard InChI is InChI=1S/C21H32O4/c1-6-12-24-19(22)15-17(20(23)25-13-7-2)14-16-8-10-18(11-9-16)21(3,4)5/h8-11,17H,6-7,12-15H2,1-5H3. The van der Waals surface area contributed by atoms with Crippen LogP contribution < -0.4 is 0 Å². The second-order valence-electron chi connectivity index (χ2n) is 7.44. The lowest BCUT2D eigenvalue weighted by atomic mass is 9.86. The van der Waals surface area contributed by atoms with E-state index < -0.39 is 5.92 Å². The smallest absolute Gasteiger partial charge is 0.309 e. The molecular formula is C21H32O4. The van der Waals surface area contributed by atoms with Gasteiger partial charge in [0, 0.05) is 0 Å². The summed E-state index contributed by atoms with van der Waals surface area (Å²) in [6, 6.07) is 8.22. The van der Waals surface area contributed by atoms with Crippen LogP contribution in [0.2, 0.25) is 0 Å². The number of rotatable bonds is 9. The fourth-order valence-corrected chi connectivity index (χ4v) is 2.46. The summed E-state index contributed by atoms with van der Waals surface area (Å²) in [4.78, 5) is 24.2. The summed E-state index contributed by atoms with van der Waals surface area (Å²) < 4.78 is 10.4. The van der Waals surface area contributed by atoms with E-state index in [2.05, 4.69) is 32.9 Å². The van der Waals surface area contributed by atoms with Crippen LogP contribution in [0.15, 0.2) is 24.3 Å². The second-order valence-corrected chi connectivity index (χ2v) is 7.44. The van der Waals surface area contributed by atoms with Crippen molar-refractivity contribution in [2.75, 3.05) is 13.2 Å². The summed E-state index contributed by atoms with van der Waals surface area (Å²) in [5.41, 5.74) is 2.35.